The smallest absolute Gasteiger partial charge is 0.338 e. The summed E-state index contributed by atoms with van der Waals surface area (Å²) in [5.74, 6) is -0.411. The van der Waals surface area contributed by atoms with Gasteiger partial charge in [0.15, 0.2) is 0 Å². The van der Waals surface area contributed by atoms with Crippen LogP contribution in [0.2, 0.25) is 0 Å². The Morgan fingerprint density at radius 3 is 2.20 bits per heavy atom. The van der Waals surface area contributed by atoms with Crippen LogP contribution in [0.3, 0.4) is 0 Å². The van der Waals surface area contributed by atoms with Gasteiger partial charge < -0.3 is 15.0 Å². The summed E-state index contributed by atoms with van der Waals surface area (Å²) in [6.07, 6.45) is 5.16. The Balaban J connectivity index is 1.56. The largest absolute Gasteiger partial charge is 0.462 e. The van der Waals surface area contributed by atoms with Gasteiger partial charge in [-0.1, -0.05) is 73.5 Å². The van der Waals surface area contributed by atoms with Crippen LogP contribution in [0.15, 0.2) is 78.9 Å². The Labute approximate surface area is 208 Å². The maximum absolute atomic E-state index is 13.2. The van der Waals surface area contributed by atoms with E-state index in [-0.39, 0.29) is 24.3 Å². The maximum atomic E-state index is 13.2. The van der Waals surface area contributed by atoms with Crippen LogP contribution in [0, 0.1) is 0 Å². The molecular weight excluding hydrogens is 436 g/mol. The van der Waals surface area contributed by atoms with Crippen LogP contribution in [0.4, 0.5) is 5.69 Å². The van der Waals surface area contributed by atoms with Gasteiger partial charge in [0.25, 0.3) is 0 Å². The first kappa shape index (κ1) is 24.5. The predicted molar refractivity (Wildman–Crippen MR) is 140 cm³/mol. The van der Waals surface area contributed by atoms with Crippen molar-refractivity contribution in [3.63, 3.8) is 0 Å². The molecule has 1 atom stereocenters. The summed E-state index contributed by atoms with van der Waals surface area (Å²) < 4.78 is 5.05. The number of para-hydroxylation sites is 1. The zero-order chi connectivity index (χ0) is 24.5. The fourth-order valence-electron chi connectivity index (χ4n) is 4.69. The minimum Gasteiger partial charge on any atom is -0.462 e. The fraction of sp³-hybridized carbons (Fsp3) is 0.333. The van der Waals surface area contributed by atoms with Gasteiger partial charge in [-0.2, -0.15) is 0 Å². The number of rotatable bonds is 8. The summed E-state index contributed by atoms with van der Waals surface area (Å²) in [5, 5.41) is 3.29. The van der Waals surface area contributed by atoms with Crippen LogP contribution in [0.1, 0.15) is 65.7 Å². The first-order valence-electron chi connectivity index (χ1n) is 12.6. The normalized spacial score (nSPS) is 14.6. The number of amides is 1. The molecule has 0 radical (unpaired) electrons. The molecule has 4 rings (SSSR count). The van der Waals surface area contributed by atoms with E-state index < -0.39 is 0 Å². The second kappa shape index (κ2) is 12.2. The number of anilines is 1. The van der Waals surface area contributed by atoms with Crippen molar-refractivity contribution < 1.29 is 14.3 Å². The van der Waals surface area contributed by atoms with E-state index in [0.29, 0.717) is 12.2 Å². The molecule has 0 aliphatic carbocycles. The lowest BCUT2D eigenvalue weighted by Gasteiger charge is -2.29. The quantitative estimate of drug-likeness (QED) is 0.430. The summed E-state index contributed by atoms with van der Waals surface area (Å²) in [4.78, 5) is 27.6. The first-order valence-corrected chi connectivity index (χ1v) is 12.6. The van der Waals surface area contributed by atoms with Gasteiger partial charge >= 0.3 is 5.97 Å². The molecule has 0 spiro atoms. The number of nitrogens with zero attached hydrogens (tertiary/aromatic N) is 1. The molecular formula is C30H34N2O3. The predicted octanol–water partition coefficient (Wildman–Crippen LogP) is 5.69. The number of carbonyl (C=O) groups is 2. The van der Waals surface area contributed by atoms with E-state index in [1.54, 1.807) is 19.1 Å². The van der Waals surface area contributed by atoms with Crippen LogP contribution >= 0.6 is 0 Å². The van der Waals surface area contributed by atoms with Crippen LogP contribution in [0.25, 0.3) is 0 Å². The maximum Gasteiger partial charge on any atom is 0.338 e. The number of carbonyl (C=O) groups excluding carboxylic acids is 2. The van der Waals surface area contributed by atoms with Crippen molar-refractivity contribution >= 4 is 17.6 Å². The van der Waals surface area contributed by atoms with Crippen LogP contribution in [-0.4, -0.2) is 31.6 Å². The number of hydrogen-bond donors (Lipinski definition) is 1. The molecule has 1 fully saturated rings. The lowest BCUT2D eigenvalue weighted by atomic mass is 9.96. The minimum absolute atomic E-state index is 0.0617. The third-order valence-electron chi connectivity index (χ3n) is 6.46. The molecule has 1 aliphatic rings. The summed E-state index contributed by atoms with van der Waals surface area (Å²) >= 11 is 0. The number of esters is 1. The monoisotopic (exact) mass is 470 g/mol. The molecule has 35 heavy (non-hydrogen) atoms. The molecule has 0 aromatic heterocycles. The van der Waals surface area contributed by atoms with Gasteiger partial charge in [0.2, 0.25) is 5.91 Å². The van der Waals surface area contributed by atoms with E-state index in [4.69, 9.17) is 4.74 Å². The van der Waals surface area contributed by atoms with E-state index in [1.807, 2.05) is 36.4 Å². The van der Waals surface area contributed by atoms with Gasteiger partial charge in [-0.05, 0) is 49.1 Å². The highest BCUT2D eigenvalue weighted by atomic mass is 16.5. The van der Waals surface area contributed by atoms with Crippen molar-refractivity contribution in [1.82, 2.24) is 5.32 Å². The Morgan fingerprint density at radius 1 is 0.857 bits per heavy atom. The van der Waals surface area contributed by atoms with Gasteiger partial charge in [-0.15, -0.1) is 0 Å². The average Bonchev–Trinajstić information content (AvgIpc) is 3.18. The molecule has 3 aromatic rings. The van der Waals surface area contributed by atoms with Gasteiger partial charge in [-0.3, -0.25) is 4.79 Å². The summed E-state index contributed by atoms with van der Waals surface area (Å²) in [6, 6.07) is 25.4. The summed E-state index contributed by atoms with van der Waals surface area (Å²) in [6.45, 7) is 4.20. The third-order valence-corrected chi connectivity index (χ3v) is 6.46. The Hall–Kier alpha value is -3.60. The van der Waals surface area contributed by atoms with E-state index >= 15 is 0 Å². The Kier molecular flexibility index (Phi) is 8.55. The average molecular weight is 471 g/mol. The molecule has 1 saturated heterocycles. The first-order chi connectivity index (χ1) is 17.2. The van der Waals surface area contributed by atoms with E-state index in [2.05, 4.69) is 40.5 Å². The van der Waals surface area contributed by atoms with Gasteiger partial charge in [0, 0.05) is 24.3 Å². The number of nitrogens with one attached hydrogen (secondary N) is 1. The highest BCUT2D eigenvalue weighted by Gasteiger charge is 2.23. The third kappa shape index (κ3) is 6.50. The zero-order valence-electron chi connectivity index (χ0n) is 20.4. The highest BCUT2D eigenvalue weighted by Crippen LogP contribution is 2.32. The van der Waals surface area contributed by atoms with Crippen molar-refractivity contribution in [1.29, 1.82) is 0 Å². The molecule has 5 heteroatoms. The molecule has 1 aliphatic heterocycles. The zero-order valence-corrected chi connectivity index (χ0v) is 20.4. The van der Waals surface area contributed by atoms with Crippen molar-refractivity contribution in [2.24, 2.45) is 0 Å². The molecule has 1 heterocycles. The Morgan fingerprint density at radius 2 is 1.51 bits per heavy atom. The molecule has 1 N–H and O–H groups in total. The molecule has 1 amide bonds. The molecule has 3 aromatic carbocycles. The second-order valence-corrected chi connectivity index (χ2v) is 8.97. The number of hydrogen-bond acceptors (Lipinski definition) is 4. The molecule has 1 unspecified atom stereocenters. The highest BCUT2D eigenvalue weighted by molar-refractivity contribution is 5.89. The van der Waals surface area contributed by atoms with Crippen molar-refractivity contribution in [3.8, 4) is 0 Å². The number of benzene rings is 3. The topological polar surface area (TPSA) is 58.6 Å². The SMILES string of the molecule is CCOC(=O)c1ccc(CC(=O)NC(c2ccccc2)c2ccccc2N2CCCCCC2)cc1. The number of ether oxygens (including phenoxy) is 1. The van der Waals surface area contributed by atoms with Gasteiger partial charge in [0.05, 0.1) is 24.6 Å². The lowest BCUT2D eigenvalue weighted by Crippen LogP contribution is -2.33. The second-order valence-electron chi connectivity index (χ2n) is 8.97. The summed E-state index contributed by atoms with van der Waals surface area (Å²) in [5.41, 5.74) is 4.71. The van der Waals surface area contributed by atoms with Crippen molar-refractivity contribution in [2.75, 3.05) is 24.6 Å². The molecule has 5 nitrogen and oxygen atoms in total. The van der Waals surface area contributed by atoms with Crippen LogP contribution in [0.5, 0.6) is 0 Å². The van der Waals surface area contributed by atoms with Crippen molar-refractivity contribution in [2.45, 2.75) is 45.1 Å². The minimum atomic E-state index is -0.349. The molecule has 0 saturated carbocycles. The standard InChI is InChI=1S/C30H34N2O3/c1-2-35-30(34)25-18-16-23(17-19-25)22-28(33)31-29(24-12-6-5-7-13-24)26-14-8-9-15-27(26)32-20-10-3-4-11-21-32/h5-9,12-19,29H,2-4,10-11,20-22H2,1H3,(H,31,33). The van der Waals surface area contributed by atoms with Crippen LogP contribution < -0.4 is 10.2 Å². The fourth-order valence-corrected chi connectivity index (χ4v) is 4.69. The molecule has 0 bridgehead atoms. The van der Waals surface area contributed by atoms with Crippen molar-refractivity contribution in [3.05, 3.63) is 101 Å². The molecule has 182 valence electrons. The Bertz CT molecular complexity index is 1100. The van der Waals surface area contributed by atoms with E-state index in [0.717, 1.165) is 29.8 Å². The van der Waals surface area contributed by atoms with E-state index in [1.165, 1.54) is 31.4 Å². The van der Waals surface area contributed by atoms with Gasteiger partial charge in [0.1, 0.15) is 0 Å². The lowest BCUT2D eigenvalue weighted by molar-refractivity contribution is -0.120. The van der Waals surface area contributed by atoms with Gasteiger partial charge in [-0.25, -0.2) is 4.79 Å². The van der Waals surface area contributed by atoms with E-state index in [9.17, 15) is 9.59 Å². The summed E-state index contributed by atoms with van der Waals surface area (Å²) in [7, 11) is 0. The van der Waals surface area contributed by atoms with Crippen LogP contribution in [-0.2, 0) is 16.0 Å².